The summed E-state index contributed by atoms with van der Waals surface area (Å²) in [6.07, 6.45) is 0.247. The second kappa shape index (κ2) is 10.1. The van der Waals surface area contributed by atoms with Crippen molar-refractivity contribution in [1.29, 1.82) is 0 Å². The van der Waals surface area contributed by atoms with Gasteiger partial charge in [-0.25, -0.2) is 8.42 Å². The average Bonchev–Trinajstić information content (AvgIpc) is 2.88. The molecule has 3 aromatic rings. The van der Waals surface area contributed by atoms with Crippen LogP contribution in [0.2, 0.25) is 0 Å². The molecule has 4 rings (SSSR count). The van der Waals surface area contributed by atoms with Gasteiger partial charge in [-0.15, -0.1) is 0 Å². The van der Waals surface area contributed by atoms with Crippen molar-refractivity contribution in [3.63, 3.8) is 0 Å². The summed E-state index contributed by atoms with van der Waals surface area (Å²) in [7, 11) is -3.56. The van der Waals surface area contributed by atoms with Crippen molar-refractivity contribution < 1.29 is 18.0 Å². The number of nitrogens with zero attached hydrogens (tertiary/aromatic N) is 2. The number of piperazine rings is 1. The van der Waals surface area contributed by atoms with Crippen LogP contribution in [0.25, 0.3) is 11.1 Å². The molecular weight excluding hydrogens is 436 g/mol. The Hall–Kier alpha value is -3.29. The first kappa shape index (κ1) is 22.9. The molecule has 0 N–H and O–H groups in total. The van der Waals surface area contributed by atoms with Gasteiger partial charge >= 0.3 is 0 Å². The van der Waals surface area contributed by atoms with Crippen LogP contribution >= 0.6 is 0 Å². The SMILES string of the molecule is O=C(CCC(=O)N1CCN(S(=O)(=O)c2ccccc2)CC1)c1ccc(-c2ccccc2)cc1. The van der Waals surface area contributed by atoms with Crippen LogP contribution in [-0.4, -0.2) is 55.5 Å². The molecule has 0 atom stereocenters. The molecule has 0 aliphatic carbocycles. The van der Waals surface area contributed by atoms with Crippen molar-refractivity contribution in [3.05, 3.63) is 90.5 Å². The molecule has 33 heavy (non-hydrogen) atoms. The number of hydrogen-bond acceptors (Lipinski definition) is 4. The lowest BCUT2D eigenvalue weighted by molar-refractivity contribution is -0.132. The van der Waals surface area contributed by atoms with E-state index in [9.17, 15) is 18.0 Å². The van der Waals surface area contributed by atoms with E-state index in [0.717, 1.165) is 11.1 Å². The Morgan fingerprint density at radius 3 is 1.82 bits per heavy atom. The topological polar surface area (TPSA) is 74.8 Å². The van der Waals surface area contributed by atoms with Gasteiger partial charge in [-0.05, 0) is 23.3 Å². The number of Topliss-reactive ketones (excluding diaryl/α,β-unsaturated/α-hetero) is 1. The zero-order chi connectivity index (χ0) is 23.3. The molecule has 1 amide bonds. The Morgan fingerprint density at radius 2 is 1.21 bits per heavy atom. The number of rotatable bonds is 7. The van der Waals surface area contributed by atoms with Crippen molar-refractivity contribution in [1.82, 2.24) is 9.21 Å². The predicted molar refractivity (Wildman–Crippen MR) is 127 cm³/mol. The Labute approximate surface area is 194 Å². The van der Waals surface area contributed by atoms with Gasteiger partial charge in [-0.3, -0.25) is 9.59 Å². The quantitative estimate of drug-likeness (QED) is 0.500. The van der Waals surface area contributed by atoms with Gasteiger partial charge in [0, 0.05) is 44.6 Å². The van der Waals surface area contributed by atoms with Gasteiger partial charge in [-0.1, -0.05) is 72.8 Å². The van der Waals surface area contributed by atoms with Gasteiger partial charge in [-0.2, -0.15) is 4.31 Å². The van der Waals surface area contributed by atoms with Crippen molar-refractivity contribution >= 4 is 21.7 Å². The smallest absolute Gasteiger partial charge is 0.243 e. The third-order valence-electron chi connectivity index (χ3n) is 5.85. The molecule has 3 aromatic carbocycles. The first-order valence-electron chi connectivity index (χ1n) is 11.0. The van der Waals surface area contributed by atoms with Gasteiger partial charge in [0.05, 0.1) is 4.90 Å². The summed E-state index contributed by atoms with van der Waals surface area (Å²) in [4.78, 5) is 27.1. The summed E-state index contributed by atoms with van der Waals surface area (Å²) in [5, 5.41) is 0. The minimum Gasteiger partial charge on any atom is -0.340 e. The Kier molecular flexibility index (Phi) is 7.01. The zero-order valence-electron chi connectivity index (χ0n) is 18.3. The van der Waals surface area contributed by atoms with E-state index in [1.165, 1.54) is 4.31 Å². The van der Waals surface area contributed by atoms with E-state index in [1.54, 1.807) is 47.4 Å². The first-order valence-corrected chi connectivity index (χ1v) is 12.4. The number of carbonyl (C=O) groups excluding carboxylic acids is 2. The van der Waals surface area contributed by atoms with Crippen LogP contribution in [0.4, 0.5) is 0 Å². The van der Waals surface area contributed by atoms with Crippen LogP contribution in [0.3, 0.4) is 0 Å². The molecule has 1 fully saturated rings. The van der Waals surface area contributed by atoms with E-state index in [-0.39, 0.29) is 42.5 Å². The first-order chi connectivity index (χ1) is 15.9. The highest BCUT2D eigenvalue weighted by Gasteiger charge is 2.30. The van der Waals surface area contributed by atoms with E-state index < -0.39 is 10.0 Å². The minimum atomic E-state index is -3.56. The highest BCUT2D eigenvalue weighted by atomic mass is 32.2. The summed E-state index contributed by atoms with van der Waals surface area (Å²) < 4.78 is 26.9. The van der Waals surface area contributed by atoms with Gasteiger partial charge in [0.15, 0.2) is 5.78 Å². The number of carbonyl (C=O) groups is 2. The number of ketones is 1. The third kappa shape index (κ3) is 5.38. The molecule has 7 heteroatoms. The van der Waals surface area contributed by atoms with Gasteiger partial charge in [0.25, 0.3) is 0 Å². The molecular formula is C26H26N2O4S. The van der Waals surface area contributed by atoms with E-state index in [4.69, 9.17) is 0 Å². The maximum atomic E-state index is 12.7. The van der Waals surface area contributed by atoms with E-state index in [0.29, 0.717) is 18.7 Å². The summed E-state index contributed by atoms with van der Waals surface area (Å²) >= 11 is 0. The van der Waals surface area contributed by atoms with Crippen molar-refractivity contribution in [3.8, 4) is 11.1 Å². The average molecular weight is 463 g/mol. The Bertz CT molecular complexity index is 1200. The van der Waals surface area contributed by atoms with E-state index in [1.807, 2.05) is 42.5 Å². The fourth-order valence-electron chi connectivity index (χ4n) is 3.92. The summed E-state index contributed by atoms with van der Waals surface area (Å²) in [6.45, 7) is 1.14. The predicted octanol–water partition coefficient (Wildman–Crippen LogP) is 3.85. The molecule has 1 saturated heterocycles. The standard InChI is InChI=1S/C26H26N2O4S/c29-25(23-13-11-22(12-14-23)21-7-3-1-4-8-21)15-16-26(30)27-17-19-28(20-18-27)33(31,32)24-9-5-2-6-10-24/h1-14H,15-20H2. The molecule has 0 radical (unpaired) electrons. The molecule has 0 aromatic heterocycles. The number of benzene rings is 3. The third-order valence-corrected chi connectivity index (χ3v) is 7.77. The highest BCUT2D eigenvalue weighted by molar-refractivity contribution is 7.89. The highest BCUT2D eigenvalue weighted by Crippen LogP contribution is 2.21. The van der Waals surface area contributed by atoms with Crippen molar-refractivity contribution in [2.75, 3.05) is 26.2 Å². The van der Waals surface area contributed by atoms with Gasteiger partial charge in [0.2, 0.25) is 15.9 Å². The zero-order valence-corrected chi connectivity index (χ0v) is 19.1. The lowest BCUT2D eigenvalue weighted by Gasteiger charge is -2.34. The van der Waals surface area contributed by atoms with Gasteiger partial charge < -0.3 is 4.90 Å². The molecule has 1 heterocycles. The Balaban J connectivity index is 1.28. The van der Waals surface area contributed by atoms with Crippen LogP contribution in [0.15, 0.2) is 89.8 Å². The van der Waals surface area contributed by atoms with Crippen LogP contribution in [0, 0.1) is 0 Å². The fourth-order valence-corrected chi connectivity index (χ4v) is 5.36. The molecule has 0 spiro atoms. The largest absolute Gasteiger partial charge is 0.340 e. The van der Waals surface area contributed by atoms with E-state index >= 15 is 0 Å². The van der Waals surface area contributed by atoms with Crippen molar-refractivity contribution in [2.45, 2.75) is 17.7 Å². The summed E-state index contributed by atoms with van der Waals surface area (Å²) in [6, 6.07) is 25.6. The molecule has 0 unspecified atom stereocenters. The summed E-state index contributed by atoms with van der Waals surface area (Å²) in [5.74, 6) is -0.200. The lowest BCUT2D eigenvalue weighted by atomic mass is 10.0. The maximum Gasteiger partial charge on any atom is 0.243 e. The number of amides is 1. The molecule has 1 aliphatic heterocycles. The van der Waals surface area contributed by atoms with Gasteiger partial charge in [0.1, 0.15) is 0 Å². The molecule has 1 aliphatic rings. The molecule has 170 valence electrons. The maximum absolute atomic E-state index is 12.7. The lowest BCUT2D eigenvalue weighted by Crippen LogP contribution is -2.50. The Morgan fingerprint density at radius 1 is 0.667 bits per heavy atom. The second-order valence-corrected chi connectivity index (χ2v) is 9.90. The normalized spacial score (nSPS) is 14.7. The fraction of sp³-hybridized carbons (Fsp3) is 0.231. The van der Waals surface area contributed by atoms with Crippen LogP contribution in [0.5, 0.6) is 0 Å². The molecule has 6 nitrogen and oxygen atoms in total. The monoisotopic (exact) mass is 462 g/mol. The minimum absolute atomic E-state index is 0.0757. The number of sulfonamides is 1. The van der Waals surface area contributed by atoms with Crippen molar-refractivity contribution in [2.24, 2.45) is 0 Å². The number of hydrogen-bond donors (Lipinski definition) is 0. The summed E-state index contributed by atoms with van der Waals surface area (Å²) in [5.41, 5.74) is 2.70. The van der Waals surface area contributed by atoms with E-state index in [2.05, 4.69) is 0 Å². The second-order valence-electron chi connectivity index (χ2n) is 7.96. The van der Waals surface area contributed by atoms with Crippen LogP contribution in [-0.2, 0) is 14.8 Å². The molecule has 0 bridgehead atoms. The van der Waals surface area contributed by atoms with Crippen LogP contribution < -0.4 is 0 Å². The van der Waals surface area contributed by atoms with Crippen LogP contribution in [0.1, 0.15) is 23.2 Å². The molecule has 0 saturated carbocycles.